The largest absolute Gasteiger partial charge is 0.469 e. The van der Waals surface area contributed by atoms with Crippen LogP contribution in [-0.2, 0) is 9.53 Å². The number of esters is 1. The molecule has 4 rings (SSSR count). The number of ether oxygens (including phenoxy) is 1. The van der Waals surface area contributed by atoms with Gasteiger partial charge in [0.05, 0.1) is 29.3 Å². The third-order valence-electron chi connectivity index (χ3n) is 5.65. The van der Waals surface area contributed by atoms with E-state index in [4.69, 9.17) is 4.74 Å². The summed E-state index contributed by atoms with van der Waals surface area (Å²) in [6.07, 6.45) is 4.61. The number of fused-ring (bicyclic) bond motifs is 2. The summed E-state index contributed by atoms with van der Waals surface area (Å²) in [4.78, 5) is 19.1. The molecule has 5 heteroatoms. The lowest BCUT2D eigenvalue weighted by Gasteiger charge is -2.26. The van der Waals surface area contributed by atoms with Gasteiger partial charge in [-0.25, -0.2) is 0 Å². The minimum Gasteiger partial charge on any atom is -0.469 e. The van der Waals surface area contributed by atoms with Crippen LogP contribution in [0.2, 0.25) is 0 Å². The summed E-state index contributed by atoms with van der Waals surface area (Å²) in [7, 11) is 1.47. The second-order valence-electron chi connectivity index (χ2n) is 6.77. The SMILES string of the molecule is COC(=O)C12CCCC1CN(c1c(C#N)cnc3ccccc13)C2. The van der Waals surface area contributed by atoms with Gasteiger partial charge in [-0.05, 0) is 24.8 Å². The molecule has 0 spiro atoms. The predicted molar refractivity (Wildman–Crippen MR) is 90.5 cm³/mol. The molecule has 0 amide bonds. The molecule has 1 aliphatic heterocycles. The predicted octanol–water partition coefficient (Wildman–Crippen LogP) is 2.89. The molecule has 1 aromatic carbocycles. The first-order valence-corrected chi connectivity index (χ1v) is 8.31. The molecule has 24 heavy (non-hydrogen) atoms. The third-order valence-corrected chi connectivity index (χ3v) is 5.65. The van der Waals surface area contributed by atoms with Crippen LogP contribution < -0.4 is 4.90 Å². The number of nitrogens with zero attached hydrogens (tertiary/aromatic N) is 3. The maximum Gasteiger partial charge on any atom is 0.313 e. The maximum atomic E-state index is 12.5. The monoisotopic (exact) mass is 321 g/mol. The Balaban J connectivity index is 1.82. The van der Waals surface area contributed by atoms with Gasteiger partial charge in [0.2, 0.25) is 0 Å². The zero-order valence-corrected chi connectivity index (χ0v) is 13.7. The zero-order valence-electron chi connectivity index (χ0n) is 13.7. The molecule has 2 unspecified atom stereocenters. The number of methoxy groups -OCH3 is 1. The fourth-order valence-corrected chi connectivity index (χ4v) is 4.55. The van der Waals surface area contributed by atoms with Gasteiger partial charge in [0.1, 0.15) is 6.07 Å². The number of benzene rings is 1. The smallest absolute Gasteiger partial charge is 0.313 e. The summed E-state index contributed by atoms with van der Waals surface area (Å²) in [6, 6.07) is 10.1. The lowest BCUT2D eigenvalue weighted by Crippen LogP contribution is -2.37. The molecular weight excluding hydrogens is 302 g/mol. The highest BCUT2D eigenvalue weighted by atomic mass is 16.5. The molecule has 2 aromatic rings. The van der Waals surface area contributed by atoms with E-state index in [9.17, 15) is 10.1 Å². The van der Waals surface area contributed by atoms with E-state index in [0.717, 1.165) is 42.4 Å². The van der Waals surface area contributed by atoms with E-state index >= 15 is 0 Å². The van der Waals surface area contributed by atoms with E-state index in [1.165, 1.54) is 7.11 Å². The fraction of sp³-hybridized carbons (Fsp3) is 0.421. The minimum atomic E-state index is -0.425. The summed E-state index contributed by atoms with van der Waals surface area (Å²) in [5.41, 5.74) is 1.91. The highest BCUT2D eigenvalue weighted by molar-refractivity contribution is 5.95. The van der Waals surface area contributed by atoms with Gasteiger partial charge in [0.25, 0.3) is 0 Å². The van der Waals surface area contributed by atoms with Gasteiger partial charge in [-0.2, -0.15) is 5.26 Å². The van der Waals surface area contributed by atoms with Crippen molar-refractivity contribution in [1.82, 2.24) is 4.98 Å². The fourth-order valence-electron chi connectivity index (χ4n) is 4.55. The van der Waals surface area contributed by atoms with Crippen LogP contribution in [0.1, 0.15) is 24.8 Å². The minimum absolute atomic E-state index is 0.107. The average molecular weight is 321 g/mol. The highest BCUT2D eigenvalue weighted by Crippen LogP contribution is 2.51. The van der Waals surface area contributed by atoms with Gasteiger partial charge in [0, 0.05) is 24.7 Å². The van der Waals surface area contributed by atoms with Crippen molar-refractivity contribution in [3.8, 4) is 6.07 Å². The van der Waals surface area contributed by atoms with E-state index in [2.05, 4.69) is 16.0 Å². The van der Waals surface area contributed by atoms with Crippen molar-refractivity contribution in [1.29, 1.82) is 5.26 Å². The molecule has 1 saturated carbocycles. The Hall–Kier alpha value is -2.61. The molecule has 122 valence electrons. The molecule has 0 bridgehead atoms. The molecule has 2 fully saturated rings. The number of hydrogen-bond donors (Lipinski definition) is 0. The average Bonchev–Trinajstić information content (AvgIpc) is 3.18. The molecule has 2 atom stereocenters. The van der Waals surface area contributed by atoms with Crippen LogP contribution in [0.25, 0.3) is 10.9 Å². The molecule has 1 aliphatic carbocycles. The quantitative estimate of drug-likeness (QED) is 0.796. The van der Waals surface area contributed by atoms with Crippen molar-refractivity contribution >= 4 is 22.6 Å². The number of aromatic nitrogens is 1. The molecule has 5 nitrogen and oxygen atoms in total. The number of carbonyl (C=O) groups excluding carboxylic acids is 1. The van der Waals surface area contributed by atoms with Crippen LogP contribution in [0.5, 0.6) is 0 Å². The van der Waals surface area contributed by atoms with Gasteiger partial charge in [-0.15, -0.1) is 0 Å². The second kappa shape index (κ2) is 5.48. The standard InChI is InChI=1S/C19H19N3O2/c1-24-18(23)19-8-4-5-14(19)11-22(12-19)17-13(9-20)10-21-16-7-3-2-6-15(16)17/h2-3,6-7,10,14H,4-5,8,11-12H2,1H3. The van der Waals surface area contributed by atoms with Crippen LogP contribution >= 0.6 is 0 Å². The van der Waals surface area contributed by atoms with Gasteiger partial charge in [0.15, 0.2) is 0 Å². The first-order chi connectivity index (χ1) is 11.7. The first kappa shape index (κ1) is 14.9. The first-order valence-electron chi connectivity index (χ1n) is 8.31. The number of hydrogen-bond acceptors (Lipinski definition) is 5. The van der Waals surface area contributed by atoms with Crippen molar-refractivity contribution in [3.63, 3.8) is 0 Å². The Kier molecular flexibility index (Phi) is 3.42. The van der Waals surface area contributed by atoms with Crippen molar-refractivity contribution < 1.29 is 9.53 Å². The van der Waals surface area contributed by atoms with Crippen LogP contribution in [0.4, 0.5) is 5.69 Å². The van der Waals surface area contributed by atoms with Crippen LogP contribution in [0.15, 0.2) is 30.5 Å². The van der Waals surface area contributed by atoms with Crippen molar-refractivity contribution in [2.24, 2.45) is 11.3 Å². The number of anilines is 1. The van der Waals surface area contributed by atoms with Crippen LogP contribution in [0, 0.1) is 22.7 Å². The van der Waals surface area contributed by atoms with Crippen LogP contribution in [-0.4, -0.2) is 31.2 Å². The molecular formula is C19H19N3O2. The summed E-state index contributed by atoms with van der Waals surface area (Å²) in [5, 5.41) is 10.5. The van der Waals surface area contributed by atoms with Crippen molar-refractivity contribution in [2.75, 3.05) is 25.1 Å². The van der Waals surface area contributed by atoms with Gasteiger partial charge >= 0.3 is 5.97 Å². The molecule has 1 saturated heterocycles. The van der Waals surface area contributed by atoms with E-state index in [-0.39, 0.29) is 5.97 Å². The van der Waals surface area contributed by atoms with Crippen molar-refractivity contribution in [3.05, 3.63) is 36.0 Å². The molecule has 2 heterocycles. The van der Waals surface area contributed by atoms with Crippen LogP contribution in [0.3, 0.4) is 0 Å². The molecule has 2 aliphatic rings. The number of rotatable bonds is 2. The topological polar surface area (TPSA) is 66.2 Å². The Labute approximate surface area is 140 Å². The Morgan fingerprint density at radius 1 is 1.46 bits per heavy atom. The van der Waals surface area contributed by atoms with Gasteiger partial charge in [-0.3, -0.25) is 9.78 Å². The molecule has 0 radical (unpaired) electrons. The lowest BCUT2D eigenvalue weighted by molar-refractivity contribution is -0.152. The summed E-state index contributed by atoms with van der Waals surface area (Å²) < 4.78 is 5.12. The van der Waals surface area contributed by atoms with E-state index in [1.54, 1.807) is 6.20 Å². The summed E-state index contributed by atoms with van der Waals surface area (Å²) in [6.45, 7) is 1.41. The summed E-state index contributed by atoms with van der Waals surface area (Å²) in [5.74, 6) is 0.188. The summed E-state index contributed by atoms with van der Waals surface area (Å²) >= 11 is 0. The van der Waals surface area contributed by atoms with Gasteiger partial charge in [-0.1, -0.05) is 24.6 Å². The lowest BCUT2D eigenvalue weighted by atomic mass is 9.81. The normalized spacial score (nSPS) is 25.5. The number of pyridine rings is 1. The van der Waals surface area contributed by atoms with E-state index in [0.29, 0.717) is 18.0 Å². The van der Waals surface area contributed by atoms with E-state index < -0.39 is 5.41 Å². The molecule has 1 aromatic heterocycles. The second-order valence-corrected chi connectivity index (χ2v) is 6.77. The zero-order chi connectivity index (χ0) is 16.7. The van der Waals surface area contributed by atoms with Gasteiger partial charge < -0.3 is 9.64 Å². The van der Waals surface area contributed by atoms with E-state index in [1.807, 2.05) is 24.3 Å². The Morgan fingerprint density at radius 3 is 3.08 bits per heavy atom. The third kappa shape index (κ3) is 1.99. The maximum absolute atomic E-state index is 12.5. The highest BCUT2D eigenvalue weighted by Gasteiger charge is 2.55. The number of para-hydroxylation sites is 1. The number of carbonyl (C=O) groups is 1. The molecule has 0 N–H and O–H groups in total. The Bertz CT molecular complexity index is 857. The Morgan fingerprint density at radius 2 is 2.29 bits per heavy atom. The number of nitriles is 1. The van der Waals surface area contributed by atoms with Crippen molar-refractivity contribution in [2.45, 2.75) is 19.3 Å².